The molecule has 1 aromatic rings. The lowest BCUT2D eigenvalue weighted by molar-refractivity contribution is 0.0525. The maximum atomic E-state index is 10.8. The second-order valence-electron chi connectivity index (χ2n) is 1.39. The summed E-state index contributed by atoms with van der Waals surface area (Å²) in [6.45, 7) is 2.07. The Morgan fingerprint density at radius 3 is 3.10 bits per heavy atom. The van der Waals surface area contributed by atoms with Crippen molar-refractivity contribution in [3.8, 4) is 0 Å². The summed E-state index contributed by atoms with van der Waals surface area (Å²) in [6, 6.07) is 0. The van der Waals surface area contributed by atoms with Crippen LogP contribution in [0.5, 0.6) is 0 Å². The lowest BCUT2D eigenvalue weighted by atomic mass is 10.7. The second-order valence-corrected chi connectivity index (χ2v) is 2.12. The molecule has 0 spiro atoms. The van der Waals surface area contributed by atoms with Gasteiger partial charge in [-0.1, -0.05) is 4.49 Å². The van der Waals surface area contributed by atoms with E-state index < -0.39 is 5.97 Å². The van der Waals surface area contributed by atoms with Gasteiger partial charge in [-0.05, 0) is 12.1 Å². The molecule has 0 bridgehead atoms. The molecule has 0 aliphatic rings. The van der Waals surface area contributed by atoms with E-state index in [2.05, 4.69) is 19.5 Å². The first kappa shape index (κ1) is 7.07. The van der Waals surface area contributed by atoms with E-state index in [9.17, 15) is 4.79 Å². The summed E-state index contributed by atoms with van der Waals surface area (Å²) < 4.78 is 8.02. The molecule has 0 atom stereocenters. The van der Waals surface area contributed by atoms with Crippen LogP contribution in [0.25, 0.3) is 0 Å². The van der Waals surface area contributed by atoms with Gasteiger partial charge in [0, 0.05) is 11.5 Å². The van der Waals surface area contributed by atoms with Gasteiger partial charge in [0.1, 0.15) is 0 Å². The Labute approximate surface area is 61.2 Å². The van der Waals surface area contributed by atoms with Gasteiger partial charge in [0.25, 0.3) is 0 Å². The number of hydrogen-bond donors (Lipinski definition) is 0. The molecule has 1 rings (SSSR count). The third kappa shape index (κ3) is 1.47. The van der Waals surface area contributed by atoms with Crippen molar-refractivity contribution in [1.82, 2.24) is 14.8 Å². The minimum Gasteiger partial charge on any atom is -0.461 e. The molecule has 0 unspecified atom stereocenters. The number of aromatic nitrogens is 3. The predicted molar refractivity (Wildman–Crippen MR) is 33.7 cm³/mol. The smallest absolute Gasteiger partial charge is 0.371 e. The molecule has 10 heavy (non-hydrogen) atoms. The highest BCUT2D eigenvalue weighted by Gasteiger charge is 2.09. The Kier molecular flexibility index (Phi) is 2.27. The molecule has 0 radical (unpaired) electrons. The van der Waals surface area contributed by atoms with Crippen molar-refractivity contribution >= 4 is 17.5 Å². The van der Waals surface area contributed by atoms with Crippen LogP contribution in [0.4, 0.5) is 0 Å². The number of esters is 1. The Bertz CT molecular complexity index is 210. The number of rotatable bonds is 2. The zero-order valence-electron chi connectivity index (χ0n) is 5.27. The molecule has 0 aliphatic carbocycles. The average Bonchev–Trinajstić information content (AvgIpc) is 2.38. The summed E-state index contributed by atoms with van der Waals surface area (Å²) >= 11 is 0.924. The molecule has 0 N–H and O–H groups in total. The Hall–Kier alpha value is -1.04. The molecule has 0 fully saturated rings. The molecular formula is C4H5N3O2S. The SMILES string of the molecule is CCOC(=O)c1nnns1. The third-order valence-electron chi connectivity index (χ3n) is 0.749. The molecule has 1 aromatic heterocycles. The number of nitrogens with zero attached hydrogens (tertiary/aromatic N) is 3. The number of carbonyl (C=O) groups excluding carboxylic acids is 1. The topological polar surface area (TPSA) is 65.0 Å². The largest absolute Gasteiger partial charge is 0.461 e. The van der Waals surface area contributed by atoms with E-state index in [1.54, 1.807) is 6.92 Å². The minimum absolute atomic E-state index is 0.196. The van der Waals surface area contributed by atoms with Crippen LogP contribution < -0.4 is 0 Å². The molecule has 0 aliphatic heterocycles. The van der Waals surface area contributed by atoms with Crippen LogP contribution in [0, 0.1) is 0 Å². The normalized spacial score (nSPS) is 9.30. The molecule has 0 aromatic carbocycles. The van der Waals surface area contributed by atoms with Gasteiger partial charge in [0.2, 0.25) is 5.01 Å². The van der Waals surface area contributed by atoms with Crippen molar-refractivity contribution < 1.29 is 9.53 Å². The second kappa shape index (κ2) is 3.21. The highest BCUT2D eigenvalue weighted by Crippen LogP contribution is 1.99. The van der Waals surface area contributed by atoms with E-state index in [0.717, 1.165) is 11.5 Å². The molecule has 5 nitrogen and oxygen atoms in total. The number of hydrogen-bond acceptors (Lipinski definition) is 6. The van der Waals surface area contributed by atoms with Crippen molar-refractivity contribution in [3.05, 3.63) is 5.01 Å². The summed E-state index contributed by atoms with van der Waals surface area (Å²) in [6.07, 6.45) is 0. The molecule has 0 saturated heterocycles. The van der Waals surface area contributed by atoms with Crippen LogP contribution in [0.15, 0.2) is 0 Å². The van der Waals surface area contributed by atoms with E-state index in [4.69, 9.17) is 0 Å². The lowest BCUT2D eigenvalue weighted by Crippen LogP contribution is -2.03. The van der Waals surface area contributed by atoms with Crippen LogP contribution in [0.2, 0.25) is 0 Å². The van der Waals surface area contributed by atoms with Crippen LogP contribution in [0.1, 0.15) is 16.7 Å². The molecular weight excluding hydrogens is 154 g/mol. The van der Waals surface area contributed by atoms with Crippen molar-refractivity contribution in [2.75, 3.05) is 6.61 Å². The average molecular weight is 159 g/mol. The predicted octanol–water partition coefficient (Wildman–Crippen LogP) is 0.110. The van der Waals surface area contributed by atoms with Gasteiger partial charge in [-0.15, -0.1) is 5.10 Å². The lowest BCUT2D eigenvalue weighted by Gasteiger charge is -1.93. The fraction of sp³-hybridized carbons (Fsp3) is 0.500. The summed E-state index contributed by atoms with van der Waals surface area (Å²) in [5.41, 5.74) is 0. The fourth-order valence-electron chi connectivity index (χ4n) is 0.405. The van der Waals surface area contributed by atoms with Crippen LogP contribution >= 0.6 is 11.5 Å². The fourth-order valence-corrected chi connectivity index (χ4v) is 0.762. The van der Waals surface area contributed by atoms with Gasteiger partial charge in [-0.2, -0.15) is 0 Å². The first-order valence-corrected chi connectivity index (χ1v) is 3.44. The maximum absolute atomic E-state index is 10.8. The first-order valence-electron chi connectivity index (χ1n) is 2.66. The molecule has 1 heterocycles. The van der Waals surface area contributed by atoms with Crippen molar-refractivity contribution in [3.63, 3.8) is 0 Å². The van der Waals surface area contributed by atoms with Gasteiger partial charge in [0.15, 0.2) is 0 Å². The van der Waals surface area contributed by atoms with Crippen molar-refractivity contribution in [1.29, 1.82) is 0 Å². The number of ether oxygens (including phenoxy) is 1. The van der Waals surface area contributed by atoms with Crippen LogP contribution in [0.3, 0.4) is 0 Å². The summed E-state index contributed by atoms with van der Waals surface area (Å²) in [4.78, 5) is 10.8. The standard InChI is InChI=1S/C4H5N3O2S/c1-2-9-4(8)3-5-6-7-10-3/h2H2,1H3. The van der Waals surface area contributed by atoms with Crippen LogP contribution in [-0.2, 0) is 4.74 Å². The Morgan fingerprint density at radius 2 is 2.60 bits per heavy atom. The van der Waals surface area contributed by atoms with Gasteiger partial charge < -0.3 is 4.74 Å². The summed E-state index contributed by atoms with van der Waals surface area (Å²) in [5, 5.41) is 6.86. The maximum Gasteiger partial charge on any atom is 0.371 e. The van der Waals surface area contributed by atoms with Crippen LogP contribution in [-0.4, -0.2) is 27.4 Å². The summed E-state index contributed by atoms with van der Waals surface area (Å²) in [7, 11) is 0. The van der Waals surface area contributed by atoms with Gasteiger partial charge in [-0.25, -0.2) is 4.79 Å². The molecule has 54 valence electrons. The van der Waals surface area contributed by atoms with Crippen molar-refractivity contribution in [2.45, 2.75) is 6.92 Å². The van der Waals surface area contributed by atoms with E-state index in [-0.39, 0.29) is 5.01 Å². The minimum atomic E-state index is -0.461. The highest BCUT2D eigenvalue weighted by atomic mass is 32.1. The quantitative estimate of drug-likeness (QED) is 0.573. The third-order valence-corrected chi connectivity index (χ3v) is 1.33. The first-order chi connectivity index (χ1) is 4.84. The molecule has 0 amide bonds. The molecule has 6 heteroatoms. The van der Waals surface area contributed by atoms with E-state index in [1.807, 2.05) is 0 Å². The van der Waals surface area contributed by atoms with Gasteiger partial charge in [-0.3, -0.25) is 0 Å². The van der Waals surface area contributed by atoms with Gasteiger partial charge >= 0.3 is 5.97 Å². The Balaban J connectivity index is 2.59. The summed E-state index contributed by atoms with van der Waals surface area (Å²) in [5.74, 6) is -0.461. The monoisotopic (exact) mass is 159 g/mol. The molecule has 0 saturated carbocycles. The zero-order chi connectivity index (χ0) is 7.40. The van der Waals surface area contributed by atoms with Gasteiger partial charge in [0.05, 0.1) is 6.61 Å². The van der Waals surface area contributed by atoms with E-state index >= 15 is 0 Å². The Morgan fingerprint density at radius 1 is 1.80 bits per heavy atom. The van der Waals surface area contributed by atoms with E-state index in [0.29, 0.717) is 6.61 Å². The highest BCUT2D eigenvalue weighted by molar-refractivity contribution is 7.07. The number of carbonyl (C=O) groups is 1. The zero-order valence-corrected chi connectivity index (χ0v) is 6.09. The van der Waals surface area contributed by atoms with Crippen molar-refractivity contribution in [2.24, 2.45) is 0 Å². The van der Waals surface area contributed by atoms with E-state index in [1.165, 1.54) is 0 Å².